The minimum Gasteiger partial charge on any atom is -0.381 e. The normalized spacial score (nSPS) is 20.1. The Kier molecular flexibility index (Phi) is 4.61. The smallest absolute Gasteiger partial charge is 0.305 e. The van der Waals surface area contributed by atoms with Gasteiger partial charge in [0.15, 0.2) is 0 Å². The Bertz CT molecular complexity index is 505. The first-order chi connectivity index (χ1) is 9.49. The maximum Gasteiger partial charge on any atom is 0.305 e. The van der Waals surface area contributed by atoms with E-state index in [2.05, 4.69) is 5.32 Å². The van der Waals surface area contributed by atoms with Crippen LogP contribution < -0.4 is 5.32 Å². The fraction of sp³-hybridized carbons (Fsp3) is 0.538. The number of hydrogen-bond acceptors (Lipinski definition) is 4. The van der Waals surface area contributed by atoms with Crippen LogP contribution in [0.2, 0.25) is 0 Å². The topological polar surface area (TPSA) is 64.4 Å². The molecule has 1 saturated heterocycles. The molecule has 0 radical (unpaired) electrons. The van der Waals surface area contributed by atoms with Gasteiger partial charge in [0.2, 0.25) is 5.82 Å². The van der Waals surface area contributed by atoms with Crippen molar-refractivity contribution in [2.75, 3.05) is 13.2 Å². The van der Waals surface area contributed by atoms with Crippen molar-refractivity contribution < 1.29 is 18.4 Å². The maximum atomic E-state index is 13.6. The summed E-state index contributed by atoms with van der Waals surface area (Å²) in [6.07, 6.45) is 0.931. The zero-order chi connectivity index (χ0) is 14.7. The molecule has 0 bridgehead atoms. The summed E-state index contributed by atoms with van der Waals surface area (Å²) in [4.78, 5) is 9.78. The molecule has 2 atom stereocenters. The van der Waals surface area contributed by atoms with Crippen molar-refractivity contribution in [1.82, 2.24) is 5.32 Å². The predicted molar refractivity (Wildman–Crippen MR) is 68.2 cm³/mol. The molecule has 0 saturated carbocycles. The highest BCUT2D eigenvalue weighted by Crippen LogP contribution is 2.22. The van der Waals surface area contributed by atoms with Crippen LogP contribution in [0.25, 0.3) is 0 Å². The third-order valence-corrected chi connectivity index (χ3v) is 3.60. The summed E-state index contributed by atoms with van der Waals surface area (Å²) in [6.45, 7) is 3.44. The van der Waals surface area contributed by atoms with Crippen LogP contribution in [0, 0.1) is 27.7 Å². The molecule has 0 amide bonds. The van der Waals surface area contributed by atoms with Gasteiger partial charge in [-0.15, -0.1) is 0 Å². The van der Waals surface area contributed by atoms with Gasteiger partial charge in [-0.2, -0.15) is 4.39 Å². The highest BCUT2D eigenvalue weighted by molar-refractivity contribution is 5.37. The number of benzene rings is 1. The number of rotatable bonds is 5. The Hall–Kier alpha value is -1.60. The molecule has 5 nitrogen and oxygen atoms in total. The van der Waals surface area contributed by atoms with Gasteiger partial charge in [-0.05, 0) is 19.3 Å². The lowest BCUT2D eigenvalue weighted by Gasteiger charge is -2.19. The van der Waals surface area contributed by atoms with Gasteiger partial charge in [-0.1, -0.05) is 0 Å². The van der Waals surface area contributed by atoms with Crippen LogP contribution in [0.4, 0.5) is 14.5 Å². The minimum atomic E-state index is -1.16. The number of nitro groups is 1. The second-order valence-electron chi connectivity index (χ2n) is 4.95. The van der Waals surface area contributed by atoms with E-state index in [0.29, 0.717) is 25.2 Å². The lowest BCUT2D eigenvalue weighted by Crippen LogP contribution is -2.33. The van der Waals surface area contributed by atoms with E-state index in [0.717, 1.165) is 12.5 Å². The number of nitro benzene ring substituents is 1. The Morgan fingerprint density at radius 1 is 1.50 bits per heavy atom. The first-order valence-electron chi connectivity index (χ1n) is 6.42. The number of nitrogens with zero attached hydrogens (tertiary/aromatic N) is 1. The molecule has 2 rings (SSSR count). The number of ether oxygens (including phenoxy) is 1. The lowest BCUT2D eigenvalue weighted by molar-refractivity contribution is -0.387. The first kappa shape index (κ1) is 14.8. The molecule has 1 aliphatic heterocycles. The molecule has 20 heavy (non-hydrogen) atoms. The van der Waals surface area contributed by atoms with Gasteiger partial charge >= 0.3 is 5.69 Å². The molecule has 0 aromatic heterocycles. The summed E-state index contributed by atoms with van der Waals surface area (Å²) >= 11 is 0. The summed E-state index contributed by atoms with van der Waals surface area (Å²) in [5.74, 6) is -1.60. The van der Waals surface area contributed by atoms with Crippen molar-refractivity contribution in [3.8, 4) is 0 Å². The van der Waals surface area contributed by atoms with Crippen molar-refractivity contribution in [2.45, 2.75) is 25.9 Å². The average Bonchev–Trinajstić information content (AvgIpc) is 2.90. The Balaban J connectivity index is 2.05. The SMILES string of the molecule is CC(NCc1cc([N+](=O)[O-])c(F)cc1F)C1CCOC1. The van der Waals surface area contributed by atoms with Crippen LogP contribution in [0.3, 0.4) is 0 Å². The Labute approximate surface area is 115 Å². The number of halogens is 2. The summed E-state index contributed by atoms with van der Waals surface area (Å²) in [5.41, 5.74) is -0.621. The fourth-order valence-corrected chi connectivity index (χ4v) is 2.24. The molecule has 2 unspecified atom stereocenters. The van der Waals surface area contributed by atoms with Crippen LogP contribution >= 0.6 is 0 Å². The monoisotopic (exact) mass is 286 g/mol. The van der Waals surface area contributed by atoms with Crippen LogP contribution in [-0.2, 0) is 11.3 Å². The molecule has 1 heterocycles. The van der Waals surface area contributed by atoms with E-state index in [1.165, 1.54) is 0 Å². The molecular formula is C13H16F2N2O3. The lowest BCUT2D eigenvalue weighted by atomic mass is 10.0. The van der Waals surface area contributed by atoms with Crippen molar-refractivity contribution in [3.63, 3.8) is 0 Å². The second-order valence-corrected chi connectivity index (χ2v) is 4.95. The Morgan fingerprint density at radius 2 is 2.25 bits per heavy atom. The molecular weight excluding hydrogens is 270 g/mol. The highest BCUT2D eigenvalue weighted by atomic mass is 19.1. The molecule has 1 fully saturated rings. The van der Waals surface area contributed by atoms with Crippen molar-refractivity contribution in [1.29, 1.82) is 0 Å². The summed E-state index contributed by atoms with van der Waals surface area (Å²) in [7, 11) is 0. The van der Waals surface area contributed by atoms with Crippen LogP contribution in [0.15, 0.2) is 12.1 Å². The van der Waals surface area contributed by atoms with Crippen LogP contribution in [0.5, 0.6) is 0 Å². The number of nitrogens with one attached hydrogen (secondary N) is 1. The van der Waals surface area contributed by atoms with Crippen molar-refractivity contribution in [3.05, 3.63) is 39.4 Å². The van der Waals surface area contributed by atoms with Gasteiger partial charge < -0.3 is 10.1 Å². The van der Waals surface area contributed by atoms with Crippen LogP contribution in [-0.4, -0.2) is 24.2 Å². The van der Waals surface area contributed by atoms with Crippen LogP contribution in [0.1, 0.15) is 18.9 Å². The zero-order valence-corrected chi connectivity index (χ0v) is 11.1. The quantitative estimate of drug-likeness (QED) is 0.666. The third kappa shape index (κ3) is 3.29. The molecule has 0 spiro atoms. The third-order valence-electron chi connectivity index (χ3n) is 3.60. The Morgan fingerprint density at radius 3 is 2.85 bits per heavy atom. The van der Waals surface area contributed by atoms with E-state index in [1.54, 1.807) is 0 Å². The van der Waals surface area contributed by atoms with Gasteiger partial charge in [-0.25, -0.2) is 4.39 Å². The molecule has 110 valence electrons. The van der Waals surface area contributed by atoms with Gasteiger partial charge in [0, 0.05) is 36.9 Å². The molecule has 1 N–H and O–H groups in total. The maximum absolute atomic E-state index is 13.6. The molecule has 1 aromatic rings. The largest absolute Gasteiger partial charge is 0.381 e. The highest BCUT2D eigenvalue weighted by Gasteiger charge is 2.23. The van der Waals surface area contributed by atoms with Gasteiger partial charge in [0.25, 0.3) is 0 Å². The minimum absolute atomic E-state index is 0.0869. The van der Waals surface area contributed by atoms with E-state index < -0.39 is 22.2 Å². The van der Waals surface area contributed by atoms with Crippen molar-refractivity contribution in [2.24, 2.45) is 5.92 Å². The van der Waals surface area contributed by atoms with Gasteiger partial charge in [0.1, 0.15) is 5.82 Å². The standard InChI is InChI=1S/C13H16F2N2O3/c1-8(9-2-3-20-7-9)16-6-10-4-13(17(18)19)12(15)5-11(10)14/h4-5,8-9,16H,2-3,6-7H2,1H3. The first-order valence-corrected chi connectivity index (χ1v) is 6.42. The van der Waals surface area contributed by atoms with E-state index in [9.17, 15) is 18.9 Å². The second kappa shape index (κ2) is 6.23. The number of hydrogen-bond donors (Lipinski definition) is 1. The molecule has 7 heteroatoms. The van der Waals surface area contributed by atoms with E-state index in [1.807, 2.05) is 6.92 Å². The van der Waals surface area contributed by atoms with E-state index in [-0.39, 0.29) is 18.2 Å². The molecule has 0 aliphatic carbocycles. The zero-order valence-electron chi connectivity index (χ0n) is 11.1. The van der Waals surface area contributed by atoms with E-state index >= 15 is 0 Å². The van der Waals surface area contributed by atoms with E-state index in [4.69, 9.17) is 4.74 Å². The molecule has 1 aliphatic rings. The molecule has 1 aromatic carbocycles. The van der Waals surface area contributed by atoms with Gasteiger partial charge in [-0.3, -0.25) is 10.1 Å². The van der Waals surface area contributed by atoms with Crippen molar-refractivity contribution >= 4 is 5.69 Å². The summed E-state index contributed by atoms with van der Waals surface area (Å²) in [6, 6.07) is 1.59. The predicted octanol–water partition coefficient (Wildman–Crippen LogP) is 2.39. The summed E-state index contributed by atoms with van der Waals surface area (Å²) < 4.78 is 32.1. The fourth-order valence-electron chi connectivity index (χ4n) is 2.24. The average molecular weight is 286 g/mol. The summed E-state index contributed by atoms with van der Waals surface area (Å²) in [5, 5.41) is 13.7. The van der Waals surface area contributed by atoms with Gasteiger partial charge in [0.05, 0.1) is 11.5 Å².